The monoisotopic (exact) mass is 321 g/mol. The summed E-state index contributed by atoms with van der Waals surface area (Å²) in [5.41, 5.74) is 1.64. The van der Waals surface area contributed by atoms with Crippen molar-refractivity contribution in [2.45, 2.75) is 33.1 Å². The molecule has 1 aliphatic heterocycles. The first-order valence-corrected chi connectivity index (χ1v) is 7.69. The van der Waals surface area contributed by atoms with Gasteiger partial charge in [-0.05, 0) is 30.5 Å². The zero-order valence-electron chi connectivity index (χ0n) is 13.0. The van der Waals surface area contributed by atoms with Crippen LogP contribution in [-0.4, -0.2) is 28.4 Å². The third-order valence-electron chi connectivity index (χ3n) is 3.87. The number of halogens is 1. The molecule has 4 nitrogen and oxygen atoms in total. The van der Waals surface area contributed by atoms with E-state index in [-0.39, 0.29) is 18.2 Å². The molecule has 1 atom stereocenters. The zero-order valence-corrected chi connectivity index (χ0v) is 13.7. The van der Waals surface area contributed by atoms with Gasteiger partial charge in [0, 0.05) is 29.6 Å². The van der Waals surface area contributed by atoms with Gasteiger partial charge in [-0.25, -0.2) is 4.79 Å². The molecule has 0 saturated carbocycles. The molecule has 118 valence electrons. The lowest BCUT2D eigenvalue weighted by atomic mass is 9.83. The summed E-state index contributed by atoms with van der Waals surface area (Å²) < 4.78 is 0. The van der Waals surface area contributed by atoms with E-state index >= 15 is 0 Å². The summed E-state index contributed by atoms with van der Waals surface area (Å²) in [6.07, 6.45) is 0.174. The summed E-state index contributed by atoms with van der Waals surface area (Å²) in [5, 5.41) is 10.2. The molecule has 0 radical (unpaired) electrons. The maximum Gasteiger partial charge on any atom is 0.333 e. The van der Waals surface area contributed by atoms with Gasteiger partial charge < -0.3 is 10.0 Å². The quantitative estimate of drug-likeness (QED) is 0.920. The minimum Gasteiger partial charge on any atom is -0.478 e. The molecule has 0 aromatic heterocycles. The van der Waals surface area contributed by atoms with Crippen molar-refractivity contribution in [2.24, 2.45) is 5.92 Å². The van der Waals surface area contributed by atoms with Crippen LogP contribution in [-0.2, 0) is 9.59 Å². The van der Waals surface area contributed by atoms with Gasteiger partial charge in [0.15, 0.2) is 0 Å². The molecule has 0 bridgehead atoms. The molecule has 1 unspecified atom stereocenters. The van der Waals surface area contributed by atoms with Gasteiger partial charge in [-0.15, -0.1) is 0 Å². The number of aliphatic carboxylic acids is 1. The second kappa shape index (κ2) is 6.53. The minimum atomic E-state index is -0.973. The Bertz CT molecular complexity index is 619. The standard InChI is InChI=1S/C17H20ClNO3/c1-10(2)9-19-11(3)16(17(21)22)14(8-15(19)20)12-4-6-13(18)7-5-12/h4-7,10,14H,8-9H2,1-3H3,(H,21,22). The Morgan fingerprint density at radius 2 is 1.95 bits per heavy atom. The lowest BCUT2D eigenvalue weighted by Gasteiger charge is -2.34. The molecule has 1 aliphatic rings. The Labute approximate surface area is 135 Å². The SMILES string of the molecule is CC1=C(C(=O)O)C(c2ccc(Cl)cc2)CC(=O)N1CC(C)C. The highest BCUT2D eigenvalue weighted by Crippen LogP contribution is 2.37. The molecule has 0 saturated heterocycles. The molecule has 1 N–H and O–H groups in total. The predicted octanol–water partition coefficient (Wildman–Crippen LogP) is 3.67. The van der Waals surface area contributed by atoms with Crippen LogP contribution in [0.25, 0.3) is 0 Å². The number of carbonyl (C=O) groups excluding carboxylic acids is 1. The molecule has 1 aromatic carbocycles. The highest BCUT2D eigenvalue weighted by atomic mass is 35.5. The average Bonchev–Trinajstić information content (AvgIpc) is 2.43. The highest BCUT2D eigenvalue weighted by Gasteiger charge is 2.36. The summed E-state index contributed by atoms with van der Waals surface area (Å²) in [6.45, 7) is 6.26. The van der Waals surface area contributed by atoms with Crippen LogP contribution in [0.3, 0.4) is 0 Å². The number of carbonyl (C=O) groups is 2. The van der Waals surface area contributed by atoms with Gasteiger partial charge in [-0.2, -0.15) is 0 Å². The van der Waals surface area contributed by atoms with Crippen molar-refractivity contribution < 1.29 is 14.7 Å². The zero-order chi connectivity index (χ0) is 16.4. The van der Waals surface area contributed by atoms with Crippen LogP contribution in [0.4, 0.5) is 0 Å². The number of hydrogen-bond donors (Lipinski definition) is 1. The van der Waals surface area contributed by atoms with Crippen LogP contribution < -0.4 is 0 Å². The Morgan fingerprint density at radius 1 is 1.36 bits per heavy atom. The molecular formula is C17H20ClNO3. The predicted molar refractivity (Wildman–Crippen MR) is 85.7 cm³/mol. The van der Waals surface area contributed by atoms with Crippen molar-refractivity contribution in [2.75, 3.05) is 6.54 Å². The largest absolute Gasteiger partial charge is 0.478 e. The van der Waals surface area contributed by atoms with Crippen LogP contribution in [0.1, 0.15) is 38.7 Å². The van der Waals surface area contributed by atoms with E-state index in [4.69, 9.17) is 11.6 Å². The van der Waals surface area contributed by atoms with Gasteiger partial charge >= 0.3 is 5.97 Å². The van der Waals surface area contributed by atoms with Gasteiger partial charge in [0.1, 0.15) is 0 Å². The van der Waals surface area contributed by atoms with Gasteiger partial charge in [0.25, 0.3) is 0 Å². The third-order valence-corrected chi connectivity index (χ3v) is 4.13. The van der Waals surface area contributed by atoms with Crippen LogP contribution in [0.2, 0.25) is 5.02 Å². The Morgan fingerprint density at radius 3 is 2.45 bits per heavy atom. The molecule has 22 heavy (non-hydrogen) atoms. The van der Waals surface area contributed by atoms with E-state index < -0.39 is 11.9 Å². The molecular weight excluding hydrogens is 302 g/mol. The fraction of sp³-hybridized carbons (Fsp3) is 0.412. The second-order valence-electron chi connectivity index (χ2n) is 6.01. The maximum absolute atomic E-state index is 12.4. The van der Waals surface area contributed by atoms with Gasteiger partial charge in [-0.3, -0.25) is 4.79 Å². The molecule has 0 spiro atoms. The highest BCUT2D eigenvalue weighted by molar-refractivity contribution is 6.30. The lowest BCUT2D eigenvalue weighted by molar-refractivity contribution is -0.135. The average molecular weight is 322 g/mol. The van der Waals surface area contributed by atoms with E-state index in [1.807, 2.05) is 13.8 Å². The van der Waals surface area contributed by atoms with E-state index in [0.29, 0.717) is 22.8 Å². The number of allylic oxidation sites excluding steroid dienone is 1. The fourth-order valence-electron chi connectivity index (χ4n) is 2.86. The number of nitrogens with zero attached hydrogens (tertiary/aromatic N) is 1. The number of amides is 1. The lowest BCUT2D eigenvalue weighted by Crippen LogP contribution is -2.39. The maximum atomic E-state index is 12.4. The molecule has 1 heterocycles. The number of carboxylic acid groups (broad SMARTS) is 1. The Hall–Kier alpha value is -1.81. The molecule has 1 amide bonds. The molecule has 2 rings (SSSR count). The topological polar surface area (TPSA) is 57.6 Å². The Kier molecular flexibility index (Phi) is 4.91. The first kappa shape index (κ1) is 16.6. The molecule has 5 heteroatoms. The summed E-state index contributed by atoms with van der Waals surface area (Å²) in [5.74, 6) is -1.15. The van der Waals surface area contributed by atoms with Crippen LogP contribution in [0.15, 0.2) is 35.5 Å². The fourth-order valence-corrected chi connectivity index (χ4v) is 2.98. The summed E-state index contributed by atoms with van der Waals surface area (Å²) >= 11 is 5.88. The van der Waals surface area contributed by atoms with Crippen molar-refractivity contribution in [1.29, 1.82) is 0 Å². The first-order chi connectivity index (χ1) is 10.3. The third kappa shape index (κ3) is 3.33. The van der Waals surface area contributed by atoms with E-state index in [2.05, 4.69) is 0 Å². The van der Waals surface area contributed by atoms with E-state index in [0.717, 1.165) is 5.56 Å². The first-order valence-electron chi connectivity index (χ1n) is 7.31. The number of benzene rings is 1. The van der Waals surface area contributed by atoms with Crippen molar-refractivity contribution in [3.8, 4) is 0 Å². The van der Waals surface area contributed by atoms with Gasteiger partial charge in [0.2, 0.25) is 5.91 Å². The summed E-state index contributed by atoms with van der Waals surface area (Å²) in [7, 11) is 0. The molecule has 0 aliphatic carbocycles. The Balaban J connectivity index is 2.47. The van der Waals surface area contributed by atoms with Gasteiger partial charge in [-0.1, -0.05) is 37.6 Å². The van der Waals surface area contributed by atoms with Crippen molar-refractivity contribution in [1.82, 2.24) is 4.90 Å². The van der Waals surface area contributed by atoms with Crippen molar-refractivity contribution in [3.63, 3.8) is 0 Å². The number of hydrogen-bond acceptors (Lipinski definition) is 2. The summed E-state index contributed by atoms with van der Waals surface area (Å²) in [6, 6.07) is 7.01. The van der Waals surface area contributed by atoms with Crippen LogP contribution >= 0.6 is 11.6 Å². The van der Waals surface area contributed by atoms with Crippen molar-refractivity contribution >= 4 is 23.5 Å². The summed E-state index contributed by atoms with van der Waals surface area (Å²) in [4.78, 5) is 25.8. The van der Waals surface area contributed by atoms with Crippen LogP contribution in [0, 0.1) is 5.92 Å². The second-order valence-corrected chi connectivity index (χ2v) is 6.45. The van der Waals surface area contributed by atoms with Crippen molar-refractivity contribution in [3.05, 3.63) is 46.1 Å². The van der Waals surface area contributed by atoms with E-state index in [1.165, 1.54) is 0 Å². The number of carboxylic acids is 1. The van der Waals surface area contributed by atoms with Crippen LogP contribution in [0.5, 0.6) is 0 Å². The van der Waals surface area contributed by atoms with E-state index in [9.17, 15) is 14.7 Å². The molecule has 0 fully saturated rings. The van der Waals surface area contributed by atoms with E-state index in [1.54, 1.807) is 36.1 Å². The van der Waals surface area contributed by atoms with Gasteiger partial charge in [0.05, 0.1) is 5.57 Å². The smallest absolute Gasteiger partial charge is 0.333 e. The molecule has 1 aromatic rings. The number of rotatable bonds is 4. The minimum absolute atomic E-state index is 0.0313. The normalized spacial score (nSPS) is 19.0.